The fourth-order valence-electron chi connectivity index (χ4n) is 4.29. The largest absolute Gasteiger partial charge is 0.449 e. The zero-order valence-corrected chi connectivity index (χ0v) is 14.2. The van der Waals surface area contributed by atoms with Crippen molar-refractivity contribution in [2.24, 2.45) is 11.3 Å². The van der Waals surface area contributed by atoms with Crippen LogP contribution in [0.2, 0.25) is 0 Å². The van der Waals surface area contributed by atoms with Gasteiger partial charge < -0.3 is 14.0 Å². The average Bonchev–Trinajstić information content (AvgIpc) is 3.25. The number of aliphatic hydroxyl groups is 1. The molecule has 0 aromatic carbocycles. The summed E-state index contributed by atoms with van der Waals surface area (Å²) in [4.78, 5) is 9.15. The molecule has 0 saturated carbocycles. The topological polar surface area (TPSA) is 78.8 Å². The Hall–Kier alpha value is -1.70. The number of aromatic nitrogens is 2. The van der Waals surface area contributed by atoms with Crippen molar-refractivity contribution in [2.45, 2.75) is 26.9 Å². The maximum Gasteiger partial charge on any atom is 0.191 e. The van der Waals surface area contributed by atoms with Gasteiger partial charge in [0.25, 0.3) is 0 Å². The number of rotatable bonds is 5. The molecule has 0 bridgehead atoms. The van der Waals surface area contributed by atoms with Crippen LogP contribution in [-0.2, 0) is 13.1 Å². The Morgan fingerprint density at radius 2 is 2.00 bits per heavy atom. The molecular weight excluding hydrogens is 308 g/mol. The van der Waals surface area contributed by atoms with E-state index < -0.39 is 0 Å². The molecule has 0 amide bonds. The summed E-state index contributed by atoms with van der Waals surface area (Å²) in [6.07, 6.45) is 1.73. The fourth-order valence-corrected chi connectivity index (χ4v) is 4.29. The number of oxazole rings is 1. The van der Waals surface area contributed by atoms with E-state index in [2.05, 4.69) is 19.9 Å². The van der Waals surface area contributed by atoms with Gasteiger partial charge in [0.2, 0.25) is 0 Å². The SMILES string of the molecule is Cc1cc(CN2CC3CN(Cc4coc(C)n4)CC3(CO)C2)on1. The molecule has 4 heterocycles. The van der Waals surface area contributed by atoms with Crippen LogP contribution in [0.25, 0.3) is 0 Å². The van der Waals surface area contributed by atoms with Gasteiger partial charge in [-0.3, -0.25) is 9.80 Å². The number of aliphatic hydroxyl groups excluding tert-OH is 1. The van der Waals surface area contributed by atoms with E-state index in [-0.39, 0.29) is 12.0 Å². The van der Waals surface area contributed by atoms with Crippen molar-refractivity contribution in [3.63, 3.8) is 0 Å². The summed E-state index contributed by atoms with van der Waals surface area (Å²) in [7, 11) is 0. The minimum absolute atomic E-state index is 0.0478. The molecule has 7 heteroatoms. The quantitative estimate of drug-likeness (QED) is 0.881. The van der Waals surface area contributed by atoms with Gasteiger partial charge in [0.15, 0.2) is 11.7 Å². The Morgan fingerprint density at radius 1 is 1.25 bits per heavy atom. The van der Waals surface area contributed by atoms with Crippen molar-refractivity contribution in [3.05, 3.63) is 35.4 Å². The van der Waals surface area contributed by atoms with E-state index in [0.29, 0.717) is 11.8 Å². The van der Waals surface area contributed by atoms with Gasteiger partial charge in [-0.15, -0.1) is 0 Å². The summed E-state index contributed by atoms with van der Waals surface area (Å²) in [5.74, 6) is 2.07. The van der Waals surface area contributed by atoms with Crippen molar-refractivity contribution < 1.29 is 14.0 Å². The maximum absolute atomic E-state index is 10.1. The summed E-state index contributed by atoms with van der Waals surface area (Å²) >= 11 is 0. The molecule has 2 aromatic heterocycles. The van der Waals surface area contributed by atoms with E-state index in [1.54, 1.807) is 6.26 Å². The first-order chi connectivity index (χ1) is 11.6. The second-order valence-electron chi connectivity index (χ2n) is 7.35. The van der Waals surface area contributed by atoms with Crippen LogP contribution in [0.1, 0.15) is 23.0 Å². The van der Waals surface area contributed by atoms with Gasteiger partial charge in [0, 0.05) is 51.1 Å². The van der Waals surface area contributed by atoms with Crippen LogP contribution in [0.15, 0.2) is 21.3 Å². The second kappa shape index (κ2) is 5.98. The van der Waals surface area contributed by atoms with Crippen molar-refractivity contribution in [1.29, 1.82) is 0 Å². The highest BCUT2D eigenvalue weighted by Crippen LogP contribution is 2.43. The van der Waals surface area contributed by atoms with Crippen LogP contribution in [0.4, 0.5) is 0 Å². The van der Waals surface area contributed by atoms with E-state index in [1.165, 1.54) is 0 Å². The van der Waals surface area contributed by atoms with Gasteiger partial charge in [-0.05, 0) is 12.8 Å². The Morgan fingerprint density at radius 3 is 2.54 bits per heavy atom. The normalized spacial score (nSPS) is 27.9. The standard InChI is InChI=1S/C17H24N4O3/c1-12-3-16(24-19-12)7-21-5-14-4-20(9-17(14,10-21)11-22)6-15-8-23-13(2)18-15/h3,8,14,22H,4-7,9-11H2,1-2H3. The van der Waals surface area contributed by atoms with Gasteiger partial charge in [-0.1, -0.05) is 5.16 Å². The van der Waals surface area contributed by atoms with Crippen LogP contribution in [0, 0.1) is 25.2 Å². The Bertz CT molecular complexity index is 656. The Balaban J connectivity index is 1.40. The van der Waals surface area contributed by atoms with E-state index >= 15 is 0 Å². The molecule has 4 rings (SSSR count). The lowest BCUT2D eigenvalue weighted by molar-refractivity contribution is 0.108. The number of fused-ring (bicyclic) bond motifs is 1. The molecule has 7 nitrogen and oxygen atoms in total. The lowest BCUT2D eigenvalue weighted by atomic mass is 9.82. The molecule has 2 saturated heterocycles. The van der Waals surface area contributed by atoms with E-state index in [4.69, 9.17) is 8.94 Å². The molecule has 1 N–H and O–H groups in total. The van der Waals surface area contributed by atoms with E-state index in [1.807, 2.05) is 19.9 Å². The zero-order valence-electron chi connectivity index (χ0n) is 14.2. The molecule has 130 valence electrons. The molecule has 0 radical (unpaired) electrons. The molecule has 0 aliphatic carbocycles. The first-order valence-corrected chi connectivity index (χ1v) is 8.45. The van der Waals surface area contributed by atoms with E-state index in [0.717, 1.165) is 56.4 Å². The van der Waals surface area contributed by atoms with Crippen LogP contribution < -0.4 is 0 Å². The fraction of sp³-hybridized carbons (Fsp3) is 0.647. The highest BCUT2D eigenvalue weighted by atomic mass is 16.5. The van der Waals surface area contributed by atoms with Crippen LogP contribution in [0.3, 0.4) is 0 Å². The molecule has 2 aromatic rings. The molecule has 2 fully saturated rings. The van der Waals surface area contributed by atoms with Crippen molar-refractivity contribution in [3.8, 4) is 0 Å². The van der Waals surface area contributed by atoms with Gasteiger partial charge in [0.1, 0.15) is 6.26 Å². The second-order valence-corrected chi connectivity index (χ2v) is 7.35. The summed E-state index contributed by atoms with van der Waals surface area (Å²) in [6, 6.07) is 1.99. The Labute approximate surface area is 141 Å². The number of hydrogen-bond donors (Lipinski definition) is 1. The molecular formula is C17H24N4O3. The molecule has 2 unspecified atom stereocenters. The highest BCUT2D eigenvalue weighted by Gasteiger charge is 2.52. The van der Waals surface area contributed by atoms with Crippen molar-refractivity contribution >= 4 is 0 Å². The third kappa shape index (κ3) is 2.87. The summed E-state index contributed by atoms with van der Waals surface area (Å²) in [6.45, 7) is 9.32. The van der Waals surface area contributed by atoms with Gasteiger partial charge in [0.05, 0.1) is 24.5 Å². The lowest BCUT2D eigenvalue weighted by Gasteiger charge is -2.27. The number of likely N-dealkylation sites (tertiary alicyclic amines) is 2. The zero-order chi connectivity index (χ0) is 16.7. The van der Waals surface area contributed by atoms with Crippen molar-refractivity contribution in [1.82, 2.24) is 19.9 Å². The summed E-state index contributed by atoms with van der Waals surface area (Å²) in [5, 5.41) is 14.0. The molecule has 2 aliphatic heterocycles. The van der Waals surface area contributed by atoms with Gasteiger partial charge in [-0.2, -0.15) is 0 Å². The summed E-state index contributed by atoms with van der Waals surface area (Å²) in [5.41, 5.74) is 1.83. The minimum atomic E-state index is -0.0478. The Kier molecular flexibility index (Phi) is 3.94. The predicted octanol–water partition coefficient (Wildman–Crippen LogP) is 1.21. The third-order valence-corrected chi connectivity index (χ3v) is 5.32. The number of nitrogens with zero attached hydrogens (tertiary/aromatic N) is 4. The minimum Gasteiger partial charge on any atom is -0.449 e. The van der Waals surface area contributed by atoms with E-state index in [9.17, 15) is 5.11 Å². The molecule has 0 spiro atoms. The maximum atomic E-state index is 10.1. The monoisotopic (exact) mass is 332 g/mol. The van der Waals surface area contributed by atoms with Crippen molar-refractivity contribution in [2.75, 3.05) is 32.8 Å². The molecule has 2 atom stereocenters. The first kappa shape index (κ1) is 15.8. The number of hydrogen-bond acceptors (Lipinski definition) is 7. The van der Waals surface area contributed by atoms with Crippen LogP contribution in [0.5, 0.6) is 0 Å². The summed E-state index contributed by atoms with van der Waals surface area (Å²) < 4.78 is 10.6. The smallest absolute Gasteiger partial charge is 0.191 e. The predicted molar refractivity (Wildman–Crippen MR) is 86.0 cm³/mol. The third-order valence-electron chi connectivity index (χ3n) is 5.32. The number of aryl methyl sites for hydroxylation is 2. The van der Waals surface area contributed by atoms with Gasteiger partial charge >= 0.3 is 0 Å². The molecule has 2 aliphatic rings. The first-order valence-electron chi connectivity index (χ1n) is 8.45. The lowest BCUT2D eigenvalue weighted by Crippen LogP contribution is -2.36. The van der Waals surface area contributed by atoms with Crippen LogP contribution in [-0.4, -0.2) is 57.8 Å². The average molecular weight is 332 g/mol. The molecule has 24 heavy (non-hydrogen) atoms. The van der Waals surface area contributed by atoms with Crippen LogP contribution >= 0.6 is 0 Å². The highest BCUT2D eigenvalue weighted by molar-refractivity contribution is 5.08. The van der Waals surface area contributed by atoms with Gasteiger partial charge in [-0.25, -0.2) is 4.98 Å².